The third-order valence-electron chi connectivity index (χ3n) is 4.03. The molecular weight excluding hydrogens is 333 g/mol. The lowest BCUT2D eigenvalue weighted by Crippen LogP contribution is -2.35. The van der Waals surface area contributed by atoms with Crippen LogP contribution in [0.4, 0.5) is 4.39 Å². The van der Waals surface area contributed by atoms with Crippen molar-refractivity contribution in [1.29, 1.82) is 0 Å². The smallest absolute Gasteiger partial charge is 0.123 e. The first-order valence-corrected chi connectivity index (χ1v) is 8.93. The number of aliphatic hydroxyl groups is 1. The first-order valence-electron chi connectivity index (χ1n) is 8.93. The maximum absolute atomic E-state index is 13.1. The van der Waals surface area contributed by atoms with Gasteiger partial charge in [-0.2, -0.15) is 0 Å². The Morgan fingerprint density at radius 3 is 2.46 bits per heavy atom. The van der Waals surface area contributed by atoms with Gasteiger partial charge in [0.05, 0.1) is 19.3 Å². The van der Waals surface area contributed by atoms with E-state index in [1.165, 1.54) is 12.1 Å². The molecule has 26 heavy (non-hydrogen) atoms. The van der Waals surface area contributed by atoms with Gasteiger partial charge in [0.25, 0.3) is 0 Å². The van der Waals surface area contributed by atoms with Crippen LogP contribution in [0.15, 0.2) is 54.6 Å². The van der Waals surface area contributed by atoms with Gasteiger partial charge in [0.1, 0.15) is 5.82 Å². The lowest BCUT2D eigenvalue weighted by molar-refractivity contribution is 0.00738. The molecule has 0 aliphatic heterocycles. The van der Waals surface area contributed by atoms with Crippen LogP contribution in [0.2, 0.25) is 0 Å². The SMILES string of the molecule is COCCCN(Cc1ccc(F)cc1)CC(O)COCc1ccccc1. The number of benzene rings is 2. The molecule has 2 rings (SSSR count). The van der Waals surface area contributed by atoms with Crippen LogP contribution < -0.4 is 0 Å². The molecular formula is C21H28FNO3. The summed E-state index contributed by atoms with van der Waals surface area (Å²) in [6.07, 6.45) is 0.289. The molecule has 2 aromatic rings. The van der Waals surface area contributed by atoms with E-state index in [1.807, 2.05) is 30.3 Å². The van der Waals surface area contributed by atoms with E-state index in [4.69, 9.17) is 9.47 Å². The van der Waals surface area contributed by atoms with Gasteiger partial charge in [-0.3, -0.25) is 4.90 Å². The minimum Gasteiger partial charge on any atom is -0.389 e. The Hall–Kier alpha value is -1.79. The summed E-state index contributed by atoms with van der Waals surface area (Å²) in [6, 6.07) is 16.4. The molecule has 2 aromatic carbocycles. The summed E-state index contributed by atoms with van der Waals surface area (Å²) in [6.45, 7) is 3.37. The van der Waals surface area contributed by atoms with Crippen LogP contribution in [-0.4, -0.2) is 49.5 Å². The third kappa shape index (κ3) is 8.06. The Morgan fingerprint density at radius 2 is 1.77 bits per heavy atom. The molecule has 0 fully saturated rings. The van der Waals surface area contributed by atoms with Gasteiger partial charge in [-0.05, 0) is 29.7 Å². The minimum absolute atomic E-state index is 0.242. The first-order chi connectivity index (χ1) is 12.7. The van der Waals surface area contributed by atoms with E-state index in [9.17, 15) is 9.50 Å². The lowest BCUT2D eigenvalue weighted by atomic mass is 10.2. The van der Waals surface area contributed by atoms with Crippen LogP contribution in [-0.2, 0) is 22.6 Å². The van der Waals surface area contributed by atoms with Crippen molar-refractivity contribution in [2.75, 3.05) is 33.4 Å². The molecule has 1 unspecified atom stereocenters. The average molecular weight is 361 g/mol. The molecule has 1 N–H and O–H groups in total. The monoisotopic (exact) mass is 361 g/mol. The quantitative estimate of drug-likeness (QED) is 0.590. The summed E-state index contributed by atoms with van der Waals surface area (Å²) in [5, 5.41) is 10.3. The molecule has 0 saturated carbocycles. The standard InChI is InChI=1S/C21H28FNO3/c1-25-13-5-12-23(14-18-8-10-20(22)11-9-18)15-21(24)17-26-16-19-6-3-2-4-7-19/h2-4,6-11,21,24H,5,12-17H2,1H3. The van der Waals surface area contributed by atoms with Crippen LogP contribution in [0.3, 0.4) is 0 Å². The summed E-state index contributed by atoms with van der Waals surface area (Å²) in [5.74, 6) is -0.242. The molecule has 0 spiro atoms. The zero-order valence-corrected chi connectivity index (χ0v) is 15.3. The molecule has 0 aliphatic rings. The van der Waals surface area contributed by atoms with Gasteiger partial charge in [-0.25, -0.2) is 4.39 Å². The summed E-state index contributed by atoms with van der Waals surface area (Å²) < 4.78 is 23.8. The van der Waals surface area contributed by atoms with Crippen molar-refractivity contribution in [3.05, 3.63) is 71.5 Å². The van der Waals surface area contributed by atoms with Crippen LogP contribution in [0.1, 0.15) is 17.5 Å². The summed E-state index contributed by atoms with van der Waals surface area (Å²) in [7, 11) is 1.68. The number of methoxy groups -OCH3 is 1. The molecule has 0 saturated heterocycles. The van der Waals surface area contributed by atoms with E-state index in [-0.39, 0.29) is 12.4 Å². The van der Waals surface area contributed by atoms with E-state index in [1.54, 1.807) is 19.2 Å². The van der Waals surface area contributed by atoms with Crippen molar-refractivity contribution < 1.29 is 19.0 Å². The molecule has 0 heterocycles. The van der Waals surface area contributed by atoms with Gasteiger partial charge in [-0.15, -0.1) is 0 Å². The Morgan fingerprint density at radius 1 is 1.04 bits per heavy atom. The minimum atomic E-state index is -0.582. The second-order valence-electron chi connectivity index (χ2n) is 6.36. The van der Waals surface area contributed by atoms with E-state index in [0.717, 1.165) is 24.1 Å². The Bertz CT molecular complexity index is 606. The average Bonchev–Trinajstić information content (AvgIpc) is 2.64. The van der Waals surface area contributed by atoms with Crippen LogP contribution in [0.25, 0.3) is 0 Å². The molecule has 0 bridgehead atoms. The number of ether oxygens (including phenoxy) is 2. The van der Waals surface area contributed by atoms with Gasteiger partial charge in [-0.1, -0.05) is 42.5 Å². The second-order valence-corrected chi connectivity index (χ2v) is 6.36. The van der Waals surface area contributed by atoms with Crippen LogP contribution in [0.5, 0.6) is 0 Å². The Kier molecular flexibility index (Phi) is 9.28. The predicted octanol–water partition coefficient (Wildman–Crippen LogP) is 3.24. The highest BCUT2D eigenvalue weighted by atomic mass is 19.1. The van der Waals surface area contributed by atoms with Crippen molar-refractivity contribution >= 4 is 0 Å². The summed E-state index contributed by atoms with van der Waals surface area (Å²) >= 11 is 0. The second kappa shape index (κ2) is 11.8. The van der Waals surface area contributed by atoms with E-state index in [0.29, 0.717) is 26.3 Å². The van der Waals surface area contributed by atoms with E-state index in [2.05, 4.69) is 4.90 Å². The molecule has 0 aliphatic carbocycles. The topological polar surface area (TPSA) is 41.9 Å². The number of rotatable bonds is 12. The highest BCUT2D eigenvalue weighted by Crippen LogP contribution is 2.09. The van der Waals surface area contributed by atoms with Crippen molar-refractivity contribution in [3.8, 4) is 0 Å². The van der Waals surface area contributed by atoms with Gasteiger partial charge in [0, 0.05) is 33.4 Å². The fourth-order valence-electron chi connectivity index (χ4n) is 2.75. The highest BCUT2D eigenvalue weighted by molar-refractivity contribution is 5.16. The number of nitrogens with zero attached hydrogens (tertiary/aromatic N) is 1. The fraction of sp³-hybridized carbons (Fsp3) is 0.429. The van der Waals surface area contributed by atoms with Gasteiger partial charge in [0.2, 0.25) is 0 Å². The van der Waals surface area contributed by atoms with E-state index >= 15 is 0 Å². The third-order valence-corrected chi connectivity index (χ3v) is 4.03. The molecule has 5 heteroatoms. The zero-order chi connectivity index (χ0) is 18.6. The molecule has 142 valence electrons. The lowest BCUT2D eigenvalue weighted by Gasteiger charge is -2.25. The van der Waals surface area contributed by atoms with Crippen LogP contribution in [0, 0.1) is 5.82 Å². The number of halogens is 1. The summed E-state index contributed by atoms with van der Waals surface area (Å²) in [4.78, 5) is 2.14. The highest BCUT2D eigenvalue weighted by Gasteiger charge is 2.13. The van der Waals surface area contributed by atoms with Gasteiger partial charge < -0.3 is 14.6 Å². The number of hydrogen-bond acceptors (Lipinski definition) is 4. The maximum atomic E-state index is 13.1. The Labute approximate surface area is 155 Å². The molecule has 0 amide bonds. The van der Waals surface area contributed by atoms with E-state index < -0.39 is 6.10 Å². The van der Waals surface area contributed by atoms with Crippen molar-refractivity contribution in [1.82, 2.24) is 4.90 Å². The number of hydrogen-bond donors (Lipinski definition) is 1. The normalized spacial score (nSPS) is 12.5. The predicted molar refractivity (Wildman–Crippen MR) is 100 cm³/mol. The van der Waals surface area contributed by atoms with Gasteiger partial charge in [0.15, 0.2) is 0 Å². The zero-order valence-electron chi connectivity index (χ0n) is 15.3. The van der Waals surface area contributed by atoms with Crippen molar-refractivity contribution in [2.45, 2.75) is 25.7 Å². The maximum Gasteiger partial charge on any atom is 0.123 e. The Balaban J connectivity index is 1.80. The van der Waals surface area contributed by atoms with Crippen molar-refractivity contribution in [2.24, 2.45) is 0 Å². The molecule has 0 aromatic heterocycles. The van der Waals surface area contributed by atoms with Crippen LogP contribution >= 0.6 is 0 Å². The number of aliphatic hydroxyl groups excluding tert-OH is 1. The van der Waals surface area contributed by atoms with Gasteiger partial charge >= 0.3 is 0 Å². The molecule has 4 nitrogen and oxygen atoms in total. The first kappa shape index (κ1) is 20.5. The molecule has 1 atom stereocenters. The molecule has 0 radical (unpaired) electrons. The van der Waals surface area contributed by atoms with Crippen molar-refractivity contribution in [3.63, 3.8) is 0 Å². The fourth-order valence-corrected chi connectivity index (χ4v) is 2.75. The summed E-state index contributed by atoms with van der Waals surface area (Å²) in [5.41, 5.74) is 2.10. The largest absolute Gasteiger partial charge is 0.389 e.